The molecule has 0 radical (unpaired) electrons. The zero-order chi connectivity index (χ0) is 23.1. The summed E-state index contributed by atoms with van der Waals surface area (Å²) in [6.45, 7) is 3.55. The number of hydrogen-bond donors (Lipinski definition) is 2. The van der Waals surface area contributed by atoms with Gasteiger partial charge in [-0.3, -0.25) is 9.59 Å². The van der Waals surface area contributed by atoms with E-state index >= 15 is 0 Å². The second-order valence-corrected chi connectivity index (χ2v) is 7.34. The standard InChI is InChI=1S/C23H25N3O6/c1-3-16-12-31-22(29)14-7-5-8-15(11-14)23(30)32-13-17(4-2)25-21(28)19-10-6-9-18(26-19)20(27)24-16/h5-11,16-17H,3-4,12-13H2,1-2H3,(H,24,27)(H,25,28)/t16-,17-/m1/s1. The van der Waals surface area contributed by atoms with E-state index in [0.717, 1.165) is 0 Å². The second-order valence-electron chi connectivity index (χ2n) is 7.34. The molecule has 32 heavy (non-hydrogen) atoms. The fourth-order valence-electron chi connectivity index (χ4n) is 3.02. The summed E-state index contributed by atoms with van der Waals surface area (Å²) >= 11 is 0. The lowest BCUT2D eigenvalue weighted by molar-refractivity contribution is 0.0448. The van der Waals surface area contributed by atoms with Crippen molar-refractivity contribution in [3.8, 4) is 0 Å². The van der Waals surface area contributed by atoms with Crippen molar-refractivity contribution in [3.05, 3.63) is 65.0 Å². The molecule has 2 heterocycles. The van der Waals surface area contributed by atoms with Gasteiger partial charge in [0.15, 0.2) is 0 Å². The Kier molecular flexibility index (Phi) is 7.54. The Morgan fingerprint density at radius 1 is 0.781 bits per heavy atom. The molecule has 0 unspecified atom stereocenters. The molecule has 168 valence electrons. The van der Waals surface area contributed by atoms with Gasteiger partial charge in [0.25, 0.3) is 11.8 Å². The zero-order valence-electron chi connectivity index (χ0n) is 17.9. The first kappa shape index (κ1) is 22.9. The van der Waals surface area contributed by atoms with Gasteiger partial charge >= 0.3 is 11.9 Å². The maximum absolute atomic E-state index is 12.6. The molecule has 9 heteroatoms. The third kappa shape index (κ3) is 5.69. The normalized spacial score (nSPS) is 20.2. The lowest BCUT2D eigenvalue weighted by Gasteiger charge is -2.19. The molecular weight excluding hydrogens is 414 g/mol. The molecule has 4 bridgehead atoms. The molecular formula is C23H25N3O6. The Morgan fingerprint density at radius 2 is 1.22 bits per heavy atom. The Bertz CT molecular complexity index is 950. The van der Waals surface area contributed by atoms with Crippen LogP contribution in [0.1, 0.15) is 68.4 Å². The highest BCUT2D eigenvalue weighted by atomic mass is 16.5. The molecule has 0 saturated heterocycles. The van der Waals surface area contributed by atoms with E-state index in [9.17, 15) is 19.2 Å². The van der Waals surface area contributed by atoms with Crippen molar-refractivity contribution in [2.75, 3.05) is 13.2 Å². The van der Waals surface area contributed by atoms with Crippen molar-refractivity contribution in [2.45, 2.75) is 38.8 Å². The summed E-state index contributed by atoms with van der Waals surface area (Å²) < 4.78 is 10.7. The number of hydrogen-bond acceptors (Lipinski definition) is 7. The number of carbonyl (C=O) groups is 4. The number of carbonyl (C=O) groups excluding carboxylic acids is 4. The molecule has 3 rings (SSSR count). The number of rotatable bonds is 2. The number of esters is 2. The highest BCUT2D eigenvalue weighted by molar-refractivity contribution is 5.97. The predicted octanol–water partition coefficient (Wildman–Crippen LogP) is 2.13. The van der Waals surface area contributed by atoms with Gasteiger partial charge in [0.05, 0.1) is 23.2 Å². The van der Waals surface area contributed by atoms with E-state index in [2.05, 4.69) is 15.6 Å². The SMILES string of the molecule is CC[C@@H]1COC(=O)c2cccc(c2)C(=O)OC[C@@H](CC)NC(=O)c2cccc(n2)C(=O)N1. The quantitative estimate of drug-likeness (QED) is 0.687. The number of amides is 2. The third-order valence-corrected chi connectivity index (χ3v) is 5.04. The maximum Gasteiger partial charge on any atom is 0.338 e. The number of nitrogens with one attached hydrogen (secondary N) is 2. The number of fused-ring (bicyclic) bond motifs is 4. The Labute approximate surface area is 185 Å². The van der Waals surface area contributed by atoms with Crippen LogP contribution < -0.4 is 10.6 Å². The highest BCUT2D eigenvalue weighted by Crippen LogP contribution is 2.11. The summed E-state index contributed by atoms with van der Waals surface area (Å²) in [5.74, 6) is -2.20. The number of pyridine rings is 1. The number of aromatic nitrogens is 1. The van der Waals surface area contributed by atoms with Gasteiger partial charge in [-0.2, -0.15) is 0 Å². The average molecular weight is 439 g/mol. The Morgan fingerprint density at radius 3 is 1.66 bits per heavy atom. The van der Waals surface area contributed by atoms with E-state index in [1.165, 1.54) is 30.3 Å². The monoisotopic (exact) mass is 439 g/mol. The molecule has 0 spiro atoms. The summed E-state index contributed by atoms with van der Waals surface area (Å²) in [5, 5.41) is 5.53. The second kappa shape index (κ2) is 10.5. The maximum atomic E-state index is 12.6. The summed E-state index contributed by atoms with van der Waals surface area (Å²) in [6.07, 6.45) is 1.01. The van der Waals surface area contributed by atoms with E-state index in [1.807, 2.05) is 13.8 Å². The van der Waals surface area contributed by atoms with Gasteiger partial charge in [0, 0.05) is 0 Å². The summed E-state index contributed by atoms with van der Waals surface area (Å²) in [7, 11) is 0. The van der Waals surface area contributed by atoms with Crippen molar-refractivity contribution in [3.63, 3.8) is 0 Å². The topological polar surface area (TPSA) is 124 Å². The number of benzene rings is 1. The van der Waals surface area contributed by atoms with Crippen LogP contribution in [-0.2, 0) is 9.47 Å². The molecule has 1 aromatic heterocycles. The lowest BCUT2D eigenvalue weighted by atomic mass is 10.1. The molecule has 2 amide bonds. The number of ether oxygens (including phenoxy) is 2. The minimum atomic E-state index is -0.618. The van der Waals surface area contributed by atoms with Gasteiger partial charge in [-0.25, -0.2) is 14.6 Å². The highest BCUT2D eigenvalue weighted by Gasteiger charge is 2.21. The zero-order valence-corrected chi connectivity index (χ0v) is 17.9. The Balaban J connectivity index is 1.90. The Hall–Kier alpha value is -3.75. The first-order valence-corrected chi connectivity index (χ1v) is 10.4. The van der Waals surface area contributed by atoms with E-state index in [0.29, 0.717) is 12.8 Å². The van der Waals surface area contributed by atoms with Crippen molar-refractivity contribution in [1.82, 2.24) is 15.6 Å². The molecule has 1 aromatic carbocycles. The van der Waals surface area contributed by atoms with Gasteiger partial charge < -0.3 is 20.1 Å². The fraction of sp³-hybridized carbons (Fsp3) is 0.348. The van der Waals surface area contributed by atoms with E-state index < -0.39 is 35.8 Å². The number of nitrogens with zero attached hydrogens (tertiary/aromatic N) is 1. The van der Waals surface area contributed by atoms with Gasteiger partial charge in [0.1, 0.15) is 24.6 Å². The average Bonchev–Trinajstić information content (AvgIpc) is 2.83. The molecule has 9 nitrogen and oxygen atoms in total. The van der Waals surface area contributed by atoms with E-state index in [4.69, 9.17) is 9.47 Å². The first-order valence-electron chi connectivity index (χ1n) is 10.4. The lowest BCUT2D eigenvalue weighted by Crippen LogP contribution is -2.40. The number of cyclic esters (lactones) is 2. The van der Waals surface area contributed by atoms with Crippen molar-refractivity contribution < 1.29 is 28.7 Å². The molecule has 0 fully saturated rings. The van der Waals surface area contributed by atoms with Crippen molar-refractivity contribution >= 4 is 23.8 Å². The van der Waals surface area contributed by atoms with Crippen LogP contribution in [0.3, 0.4) is 0 Å². The van der Waals surface area contributed by atoms with Crippen LogP contribution in [0.15, 0.2) is 42.5 Å². The summed E-state index contributed by atoms with van der Waals surface area (Å²) in [4.78, 5) is 54.3. The minimum Gasteiger partial charge on any atom is -0.460 e. The first-order chi connectivity index (χ1) is 15.4. The van der Waals surface area contributed by atoms with Gasteiger partial charge in [-0.1, -0.05) is 26.0 Å². The van der Waals surface area contributed by atoms with Crippen LogP contribution in [0.25, 0.3) is 0 Å². The summed E-state index contributed by atoms with van der Waals surface area (Å²) in [5.41, 5.74) is 0.513. The van der Waals surface area contributed by atoms with Crippen LogP contribution in [0, 0.1) is 0 Å². The van der Waals surface area contributed by atoms with Crippen LogP contribution in [0.4, 0.5) is 0 Å². The molecule has 0 saturated carbocycles. The summed E-state index contributed by atoms with van der Waals surface area (Å²) in [6, 6.07) is 9.64. The van der Waals surface area contributed by atoms with Gasteiger partial charge in [0.2, 0.25) is 0 Å². The van der Waals surface area contributed by atoms with Crippen molar-refractivity contribution in [2.24, 2.45) is 0 Å². The molecule has 0 aliphatic carbocycles. The van der Waals surface area contributed by atoms with Crippen LogP contribution in [-0.4, -0.2) is 54.0 Å². The third-order valence-electron chi connectivity index (χ3n) is 5.04. The van der Waals surface area contributed by atoms with Gasteiger partial charge in [-0.15, -0.1) is 0 Å². The molecule has 1 aliphatic heterocycles. The van der Waals surface area contributed by atoms with Crippen molar-refractivity contribution in [1.29, 1.82) is 0 Å². The van der Waals surface area contributed by atoms with Crippen LogP contribution in [0.2, 0.25) is 0 Å². The van der Waals surface area contributed by atoms with Crippen LogP contribution in [0.5, 0.6) is 0 Å². The molecule has 2 aromatic rings. The minimum absolute atomic E-state index is 0.0614. The van der Waals surface area contributed by atoms with Crippen LogP contribution >= 0.6 is 0 Å². The predicted molar refractivity (Wildman–Crippen MR) is 114 cm³/mol. The van der Waals surface area contributed by atoms with Gasteiger partial charge in [-0.05, 0) is 43.2 Å². The largest absolute Gasteiger partial charge is 0.460 e. The molecule has 1 aliphatic rings. The molecule has 2 N–H and O–H groups in total. The smallest absolute Gasteiger partial charge is 0.338 e. The van der Waals surface area contributed by atoms with E-state index in [-0.39, 0.29) is 35.7 Å². The molecule has 2 atom stereocenters. The fourth-order valence-corrected chi connectivity index (χ4v) is 3.02. The van der Waals surface area contributed by atoms with E-state index in [1.54, 1.807) is 12.1 Å².